The van der Waals surface area contributed by atoms with E-state index in [0.717, 1.165) is 79.0 Å². The van der Waals surface area contributed by atoms with E-state index in [2.05, 4.69) is 22.6 Å². The predicted molar refractivity (Wildman–Crippen MR) is 174 cm³/mol. The van der Waals surface area contributed by atoms with Gasteiger partial charge in [0.05, 0.1) is 39.9 Å². The maximum absolute atomic E-state index is 14.9. The number of aromatic nitrogens is 3. The van der Waals surface area contributed by atoms with E-state index in [1.807, 2.05) is 25.1 Å². The van der Waals surface area contributed by atoms with E-state index in [0.29, 0.717) is 36.5 Å². The van der Waals surface area contributed by atoms with Crippen LogP contribution < -0.4 is 9.64 Å². The lowest BCUT2D eigenvalue weighted by molar-refractivity contribution is 0.0446. The van der Waals surface area contributed by atoms with Crippen molar-refractivity contribution in [3.05, 3.63) is 53.5 Å². The van der Waals surface area contributed by atoms with E-state index in [4.69, 9.17) is 26.1 Å². The van der Waals surface area contributed by atoms with Crippen LogP contribution in [0.5, 0.6) is 6.01 Å². The quantitative estimate of drug-likeness (QED) is 0.275. The van der Waals surface area contributed by atoms with Crippen molar-refractivity contribution in [2.75, 3.05) is 37.7 Å². The van der Waals surface area contributed by atoms with Crippen molar-refractivity contribution in [1.82, 2.24) is 19.9 Å². The van der Waals surface area contributed by atoms with Gasteiger partial charge in [-0.25, -0.2) is 4.39 Å². The maximum Gasteiger partial charge on any atom is 0.319 e. The minimum absolute atomic E-state index is 0.129. The van der Waals surface area contributed by atoms with Gasteiger partial charge in [-0.05, 0) is 69.9 Å². The molecule has 9 heteroatoms. The Morgan fingerprint density at radius 1 is 1.13 bits per heavy atom. The fourth-order valence-corrected chi connectivity index (χ4v) is 8.08. The molecule has 45 heavy (non-hydrogen) atoms. The Labute approximate surface area is 263 Å². The van der Waals surface area contributed by atoms with Crippen molar-refractivity contribution in [3.8, 4) is 29.6 Å². The molecule has 8 nitrogen and oxygen atoms in total. The molecule has 2 aromatic carbocycles. The number of ether oxygens (including phenoxy) is 1. The highest BCUT2D eigenvalue weighted by molar-refractivity contribution is 6.03. The number of benzene rings is 2. The topological polar surface area (TPSA) is 94.8 Å². The highest BCUT2D eigenvalue weighted by Gasteiger charge is 2.49. The molecule has 0 radical (unpaired) electrons. The van der Waals surface area contributed by atoms with Crippen molar-refractivity contribution < 1.29 is 19.3 Å². The number of β-amino-alcohol motifs (C(OH)–C–C–N with tert-alkyl or cyclic N) is 1. The molecule has 234 valence electrons. The van der Waals surface area contributed by atoms with Crippen LogP contribution in [0.3, 0.4) is 0 Å². The molecule has 0 spiro atoms. The monoisotopic (exact) mass is 609 g/mol. The minimum Gasteiger partial charge on any atom is -0.461 e. The summed E-state index contributed by atoms with van der Waals surface area (Å²) in [7, 11) is 0. The van der Waals surface area contributed by atoms with Crippen LogP contribution in [0.4, 0.5) is 10.2 Å². The van der Waals surface area contributed by atoms with Gasteiger partial charge >= 0.3 is 6.01 Å². The van der Waals surface area contributed by atoms with Crippen molar-refractivity contribution >= 4 is 27.5 Å². The van der Waals surface area contributed by atoms with Crippen molar-refractivity contribution in [3.63, 3.8) is 0 Å². The van der Waals surface area contributed by atoms with E-state index < -0.39 is 11.4 Å². The average Bonchev–Trinajstić information content (AvgIpc) is 3.61. The van der Waals surface area contributed by atoms with Crippen LogP contribution in [0, 0.1) is 18.2 Å². The average molecular weight is 610 g/mol. The van der Waals surface area contributed by atoms with Crippen molar-refractivity contribution in [2.45, 2.75) is 76.0 Å². The highest BCUT2D eigenvalue weighted by atomic mass is 19.1. The number of aliphatic hydroxyl groups is 2. The molecule has 5 heterocycles. The van der Waals surface area contributed by atoms with Gasteiger partial charge in [0, 0.05) is 41.8 Å². The number of aryl methyl sites for hydroxylation is 1. The third-order valence-corrected chi connectivity index (χ3v) is 10.2. The van der Waals surface area contributed by atoms with E-state index in [-0.39, 0.29) is 29.8 Å². The molecule has 4 aromatic rings. The van der Waals surface area contributed by atoms with Gasteiger partial charge in [0.15, 0.2) is 0 Å². The number of anilines is 1. The Balaban J connectivity index is 1.38. The number of hydrogen-bond acceptors (Lipinski definition) is 8. The summed E-state index contributed by atoms with van der Waals surface area (Å²) in [6.45, 7) is 6.66. The molecule has 0 unspecified atom stereocenters. The second kappa shape index (κ2) is 11.5. The predicted octanol–water partition coefficient (Wildman–Crippen LogP) is 5.25. The van der Waals surface area contributed by atoms with Crippen LogP contribution in [0.1, 0.15) is 63.5 Å². The van der Waals surface area contributed by atoms with Crippen LogP contribution in [-0.4, -0.2) is 80.1 Å². The summed E-state index contributed by atoms with van der Waals surface area (Å²) in [5.74, 6) is 2.81. The summed E-state index contributed by atoms with van der Waals surface area (Å²) in [5.41, 5.74) is 2.31. The molecule has 2 N–H and O–H groups in total. The SMILES string of the molecule is C#Cc1c(F)ccc2cccc(-c3ncc4c(N5CCC[C@@](C)(O)C5)nc(OC[C@@]56CCCN5[C@H](CO)CC6)nc4c3CC)c12. The zero-order valence-electron chi connectivity index (χ0n) is 26.0. The van der Waals surface area contributed by atoms with Gasteiger partial charge in [-0.1, -0.05) is 37.1 Å². The molecule has 3 fully saturated rings. The molecule has 3 aliphatic rings. The van der Waals surface area contributed by atoms with Crippen molar-refractivity contribution in [1.29, 1.82) is 0 Å². The lowest BCUT2D eigenvalue weighted by Crippen LogP contribution is -2.47. The smallest absolute Gasteiger partial charge is 0.319 e. The zero-order chi connectivity index (χ0) is 31.3. The van der Waals surface area contributed by atoms with Gasteiger partial charge < -0.3 is 19.8 Å². The highest BCUT2D eigenvalue weighted by Crippen LogP contribution is 2.43. The number of pyridine rings is 1. The van der Waals surface area contributed by atoms with Gasteiger partial charge in [0.25, 0.3) is 0 Å². The first kappa shape index (κ1) is 29.8. The summed E-state index contributed by atoms with van der Waals surface area (Å²) in [6.07, 6.45) is 13.8. The maximum atomic E-state index is 14.9. The molecule has 2 aromatic heterocycles. The summed E-state index contributed by atoms with van der Waals surface area (Å²) in [4.78, 5) is 19.5. The Hall–Kier alpha value is -3.84. The number of aliphatic hydroxyl groups excluding tert-OH is 1. The van der Waals surface area contributed by atoms with E-state index in [1.165, 1.54) is 6.07 Å². The fourth-order valence-electron chi connectivity index (χ4n) is 8.08. The summed E-state index contributed by atoms with van der Waals surface area (Å²) < 4.78 is 21.4. The van der Waals surface area contributed by atoms with E-state index >= 15 is 0 Å². The third-order valence-electron chi connectivity index (χ3n) is 10.2. The molecule has 0 aliphatic carbocycles. The molecule has 0 bridgehead atoms. The van der Waals surface area contributed by atoms with E-state index in [9.17, 15) is 14.6 Å². The van der Waals surface area contributed by atoms with Crippen LogP contribution in [0.15, 0.2) is 36.5 Å². The van der Waals surface area contributed by atoms with Crippen molar-refractivity contribution in [2.24, 2.45) is 0 Å². The van der Waals surface area contributed by atoms with Crippen LogP contribution in [0.25, 0.3) is 32.9 Å². The number of hydrogen-bond donors (Lipinski definition) is 2. The molecule has 7 rings (SSSR count). The van der Waals surface area contributed by atoms with Crippen LogP contribution in [0.2, 0.25) is 0 Å². The number of rotatable bonds is 7. The first-order valence-electron chi connectivity index (χ1n) is 16.1. The largest absolute Gasteiger partial charge is 0.461 e. The number of terminal acetylenes is 1. The number of nitrogens with zero attached hydrogens (tertiary/aromatic N) is 5. The molecule has 0 amide bonds. The van der Waals surface area contributed by atoms with Gasteiger partial charge in [-0.15, -0.1) is 6.42 Å². The fraction of sp³-hybridized carbons (Fsp3) is 0.472. The van der Waals surface area contributed by atoms with Crippen LogP contribution in [-0.2, 0) is 6.42 Å². The second-order valence-electron chi connectivity index (χ2n) is 13.2. The number of fused-ring (bicyclic) bond motifs is 3. The number of piperidine rings is 1. The molecule has 0 saturated carbocycles. The summed E-state index contributed by atoms with van der Waals surface area (Å²) in [6, 6.07) is 9.40. The van der Waals surface area contributed by atoms with Crippen LogP contribution >= 0.6 is 0 Å². The molecular weight excluding hydrogens is 569 g/mol. The Morgan fingerprint density at radius 3 is 2.76 bits per heavy atom. The normalized spacial score (nSPS) is 25.2. The van der Waals surface area contributed by atoms with E-state index in [1.54, 1.807) is 12.3 Å². The second-order valence-corrected chi connectivity index (χ2v) is 13.2. The summed E-state index contributed by atoms with van der Waals surface area (Å²) >= 11 is 0. The standard InChI is InChI=1S/C36H40FN5O3/c1-4-25-29(37)12-11-23-9-6-10-27(30(23)25)31-26(5-2)32-28(19-38-31)33(41-17-7-14-35(3,44)21-41)40-34(39-32)45-22-36-15-8-18-42(36)24(20-43)13-16-36/h1,6,9-12,19,24,43-44H,5,7-8,13-18,20-22H2,2-3H3/t24-,35+,36-/m0/s1. The Kier molecular flexibility index (Phi) is 7.63. The number of halogens is 1. The first-order chi connectivity index (χ1) is 21.8. The van der Waals surface area contributed by atoms with Gasteiger partial charge in [-0.3, -0.25) is 9.88 Å². The van der Waals surface area contributed by atoms with Gasteiger partial charge in [0.1, 0.15) is 18.2 Å². The lowest BCUT2D eigenvalue weighted by Gasteiger charge is -2.38. The zero-order valence-corrected chi connectivity index (χ0v) is 26.0. The Bertz CT molecular complexity index is 1820. The molecular formula is C36H40FN5O3. The summed E-state index contributed by atoms with van der Waals surface area (Å²) in [5, 5.41) is 23.3. The third kappa shape index (κ3) is 5.09. The van der Waals surface area contributed by atoms with Gasteiger partial charge in [-0.2, -0.15) is 9.97 Å². The lowest BCUT2D eigenvalue weighted by atomic mass is 9.93. The van der Waals surface area contributed by atoms with Gasteiger partial charge in [0.2, 0.25) is 0 Å². The first-order valence-corrected chi connectivity index (χ1v) is 16.1. The molecule has 3 atom stereocenters. The molecule has 3 aliphatic heterocycles. The minimum atomic E-state index is -0.845. The molecule has 3 saturated heterocycles. The Morgan fingerprint density at radius 2 is 1.98 bits per heavy atom.